The molecule has 0 fully saturated rings. The number of rotatable bonds is 1. The van der Waals surface area contributed by atoms with Crippen LogP contribution in [0.2, 0.25) is 0 Å². The maximum atomic E-state index is 10.7. The van der Waals surface area contributed by atoms with E-state index in [1.54, 1.807) is 0 Å². The molecule has 0 spiro atoms. The van der Waals surface area contributed by atoms with E-state index in [1.807, 2.05) is 30.3 Å². The van der Waals surface area contributed by atoms with Crippen molar-refractivity contribution in [3.8, 4) is 10.9 Å². The molecule has 0 amide bonds. The minimum Gasteiger partial charge on any atom is -0.845 e. The molecule has 0 bridgehead atoms. The molecule has 0 aliphatic carbocycles. The summed E-state index contributed by atoms with van der Waals surface area (Å²) < 4.78 is 3.82. The molecular formula is C7H5N3OS. The van der Waals surface area contributed by atoms with Crippen molar-refractivity contribution in [3.05, 3.63) is 30.3 Å². The van der Waals surface area contributed by atoms with Crippen LogP contribution in [-0.2, 0) is 0 Å². The first kappa shape index (κ1) is 7.17. The fourth-order valence-electron chi connectivity index (χ4n) is 0.854. The highest BCUT2D eigenvalue weighted by Gasteiger charge is 2.09. The zero-order valence-corrected chi connectivity index (χ0v) is 6.86. The molecule has 0 saturated heterocycles. The largest absolute Gasteiger partial charge is 0.845 e. The third kappa shape index (κ3) is 1.26. The SMILES string of the molecule is [O-]c1n[n+](-c2ccccc2)ns1. The van der Waals surface area contributed by atoms with E-state index in [9.17, 15) is 5.11 Å². The Hall–Kier alpha value is -1.49. The first-order chi connectivity index (χ1) is 5.86. The Morgan fingerprint density at radius 1 is 1.25 bits per heavy atom. The van der Waals surface area contributed by atoms with E-state index in [1.165, 1.54) is 4.80 Å². The van der Waals surface area contributed by atoms with Crippen molar-refractivity contribution < 1.29 is 9.90 Å². The molecule has 0 radical (unpaired) electrons. The molecule has 0 N–H and O–H groups in total. The van der Waals surface area contributed by atoms with Gasteiger partial charge in [0.2, 0.25) is 0 Å². The van der Waals surface area contributed by atoms with E-state index < -0.39 is 0 Å². The average Bonchev–Trinajstić information content (AvgIpc) is 2.54. The first-order valence-electron chi connectivity index (χ1n) is 3.35. The third-order valence-corrected chi connectivity index (χ3v) is 1.83. The van der Waals surface area contributed by atoms with Gasteiger partial charge in [-0.2, -0.15) is 0 Å². The second-order valence-corrected chi connectivity index (χ2v) is 2.86. The van der Waals surface area contributed by atoms with Crippen molar-refractivity contribution in [1.29, 1.82) is 0 Å². The number of nitrogens with zero attached hydrogens (tertiary/aromatic N) is 3. The van der Waals surface area contributed by atoms with E-state index >= 15 is 0 Å². The monoisotopic (exact) mass is 179 g/mol. The van der Waals surface area contributed by atoms with Gasteiger partial charge in [0, 0.05) is 28.8 Å². The van der Waals surface area contributed by atoms with Crippen LogP contribution in [0.15, 0.2) is 30.3 Å². The maximum Gasteiger partial charge on any atom is 0.269 e. The van der Waals surface area contributed by atoms with Crippen LogP contribution in [0.1, 0.15) is 0 Å². The van der Waals surface area contributed by atoms with E-state index in [-0.39, 0.29) is 5.19 Å². The first-order valence-corrected chi connectivity index (χ1v) is 4.12. The Morgan fingerprint density at radius 3 is 2.58 bits per heavy atom. The molecule has 0 unspecified atom stereocenters. The smallest absolute Gasteiger partial charge is 0.269 e. The highest BCUT2D eigenvalue weighted by Crippen LogP contribution is 2.01. The standard InChI is InChI=1S/C7H5N3OS/c11-7-8-10(9-12-7)6-4-2-1-3-5-6/h1-5H. The molecule has 60 valence electrons. The van der Waals surface area contributed by atoms with Crippen LogP contribution in [0.4, 0.5) is 0 Å². The predicted octanol–water partition coefficient (Wildman–Crippen LogP) is -0.112. The van der Waals surface area contributed by atoms with Gasteiger partial charge in [-0.15, -0.1) is 0 Å². The summed E-state index contributed by atoms with van der Waals surface area (Å²) in [4.78, 5) is 1.33. The van der Waals surface area contributed by atoms with Gasteiger partial charge in [-0.25, -0.2) is 0 Å². The van der Waals surface area contributed by atoms with Crippen LogP contribution in [0, 0.1) is 0 Å². The van der Waals surface area contributed by atoms with Crippen LogP contribution >= 0.6 is 11.5 Å². The molecule has 0 aliphatic heterocycles. The molecule has 0 aliphatic rings. The second kappa shape index (κ2) is 2.86. The Balaban J connectivity index is 2.45. The molecule has 1 heterocycles. The van der Waals surface area contributed by atoms with Crippen LogP contribution in [0.3, 0.4) is 0 Å². The molecule has 0 atom stereocenters. The summed E-state index contributed by atoms with van der Waals surface area (Å²) in [6.45, 7) is 0. The van der Waals surface area contributed by atoms with Crippen molar-refractivity contribution in [2.24, 2.45) is 0 Å². The van der Waals surface area contributed by atoms with Crippen LogP contribution < -0.4 is 9.90 Å². The molecule has 12 heavy (non-hydrogen) atoms. The normalized spacial score (nSPS) is 10.0. The quantitative estimate of drug-likeness (QED) is 0.574. The molecule has 1 aromatic carbocycles. The van der Waals surface area contributed by atoms with Crippen LogP contribution in [-0.4, -0.2) is 9.59 Å². The summed E-state index contributed by atoms with van der Waals surface area (Å²) in [5.74, 6) is 0. The third-order valence-electron chi connectivity index (χ3n) is 1.36. The van der Waals surface area contributed by atoms with Crippen molar-refractivity contribution >= 4 is 11.5 Å². The lowest BCUT2D eigenvalue weighted by Crippen LogP contribution is -2.35. The predicted molar refractivity (Wildman–Crippen MR) is 40.9 cm³/mol. The molecular weight excluding hydrogens is 174 g/mol. The Kier molecular flexibility index (Phi) is 1.71. The Labute approximate surface area is 72.9 Å². The fraction of sp³-hybridized carbons (Fsp3) is 0. The Bertz CT molecular complexity index is 373. The lowest BCUT2D eigenvalue weighted by atomic mass is 10.3. The summed E-state index contributed by atoms with van der Waals surface area (Å²) in [6.07, 6.45) is 0. The number of hydrogen-bond donors (Lipinski definition) is 0. The zero-order valence-electron chi connectivity index (χ0n) is 6.04. The molecule has 2 aromatic rings. The van der Waals surface area contributed by atoms with E-state index in [0.29, 0.717) is 0 Å². The molecule has 2 rings (SSSR count). The van der Waals surface area contributed by atoms with Crippen molar-refractivity contribution in [2.45, 2.75) is 0 Å². The van der Waals surface area contributed by atoms with Crippen LogP contribution in [0.5, 0.6) is 5.19 Å². The molecule has 0 saturated carbocycles. The van der Waals surface area contributed by atoms with Crippen molar-refractivity contribution in [3.63, 3.8) is 0 Å². The topological polar surface area (TPSA) is 52.7 Å². The second-order valence-electron chi connectivity index (χ2n) is 2.16. The molecule has 1 aromatic heterocycles. The van der Waals surface area contributed by atoms with Gasteiger partial charge in [0.1, 0.15) is 5.19 Å². The fourth-order valence-corrected chi connectivity index (χ4v) is 1.25. The minimum atomic E-state index is -0.279. The number of benzene rings is 1. The minimum absolute atomic E-state index is 0.279. The number of aromatic nitrogens is 3. The summed E-state index contributed by atoms with van der Waals surface area (Å²) in [5.41, 5.74) is 0.802. The lowest BCUT2D eigenvalue weighted by Gasteiger charge is -1.84. The number of para-hydroxylation sites is 1. The van der Waals surface area contributed by atoms with Crippen LogP contribution in [0.25, 0.3) is 5.69 Å². The van der Waals surface area contributed by atoms with Gasteiger partial charge >= 0.3 is 0 Å². The van der Waals surface area contributed by atoms with Gasteiger partial charge in [-0.1, -0.05) is 18.2 Å². The van der Waals surface area contributed by atoms with Gasteiger partial charge in [-0.05, 0) is 0 Å². The van der Waals surface area contributed by atoms with Gasteiger partial charge in [0.15, 0.2) is 0 Å². The highest BCUT2D eigenvalue weighted by atomic mass is 32.1. The van der Waals surface area contributed by atoms with Gasteiger partial charge in [0.25, 0.3) is 5.69 Å². The van der Waals surface area contributed by atoms with Crippen molar-refractivity contribution in [2.75, 3.05) is 0 Å². The summed E-state index contributed by atoms with van der Waals surface area (Å²) >= 11 is 0.846. The average molecular weight is 179 g/mol. The summed E-state index contributed by atoms with van der Waals surface area (Å²) in [7, 11) is 0. The van der Waals surface area contributed by atoms with E-state index in [0.717, 1.165) is 17.2 Å². The summed E-state index contributed by atoms with van der Waals surface area (Å²) in [6, 6.07) is 9.31. The molecule has 4 nitrogen and oxygen atoms in total. The van der Waals surface area contributed by atoms with Crippen molar-refractivity contribution in [1.82, 2.24) is 9.59 Å². The summed E-state index contributed by atoms with van der Waals surface area (Å²) in [5, 5.41) is 14.1. The van der Waals surface area contributed by atoms with Gasteiger partial charge < -0.3 is 5.11 Å². The van der Waals surface area contributed by atoms with E-state index in [2.05, 4.69) is 9.59 Å². The lowest BCUT2D eigenvalue weighted by molar-refractivity contribution is -0.713. The maximum absolute atomic E-state index is 10.7. The van der Waals surface area contributed by atoms with E-state index in [4.69, 9.17) is 0 Å². The van der Waals surface area contributed by atoms with Gasteiger partial charge in [0.05, 0.1) is 9.28 Å². The highest BCUT2D eigenvalue weighted by molar-refractivity contribution is 7.06. The number of hydrogen-bond acceptors (Lipinski definition) is 4. The molecule has 5 heteroatoms. The zero-order chi connectivity index (χ0) is 8.39. The van der Waals surface area contributed by atoms with Gasteiger partial charge in [-0.3, -0.25) is 0 Å². The Morgan fingerprint density at radius 2 is 2.00 bits per heavy atom.